The van der Waals surface area contributed by atoms with Gasteiger partial charge in [0.05, 0.1) is 28.3 Å². The molecular weight excluding hydrogens is 366 g/mol. The number of amides is 1. The van der Waals surface area contributed by atoms with Crippen molar-refractivity contribution in [1.82, 2.24) is 14.8 Å². The minimum atomic E-state index is -0.454. The van der Waals surface area contributed by atoms with Gasteiger partial charge in [0.1, 0.15) is 0 Å². The molecule has 0 spiro atoms. The van der Waals surface area contributed by atoms with E-state index < -0.39 is 4.92 Å². The van der Waals surface area contributed by atoms with Crippen LogP contribution in [0.2, 0.25) is 0 Å². The standard InChI is InChI=1S/C18H17N5O3S/c1-12-9-13(2)22(21-12)17-8-3-14(10-19-17)20-18(24)11-27-16-6-4-15(5-7-16)23(25)26/h3-10H,11H2,1-2H3,(H,20,24). The highest BCUT2D eigenvalue weighted by Gasteiger charge is 2.08. The number of hydrogen-bond acceptors (Lipinski definition) is 6. The van der Waals surface area contributed by atoms with Gasteiger partial charge in [-0.25, -0.2) is 9.67 Å². The van der Waals surface area contributed by atoms with E-state index in [4.69, 9.17) is 0 Å². The second kappa shape index (κ2) is 8.00. The minimum Gasteiger partial charge on any atom is -0.324 e. The Morgan fingerprint density at radius 1 is 1.22 bits per heavy atom. The lowest BCUT2D eigenvalue weighted by molar-refractivity contribution is -0.384. The lowest BCUT2D eigenvalue weighted by atomic mass is 10.3. The molecule has 3 aromatic rings. The topological polar surface area (TPSA) is 103 Å². The number of nitro benzene ring substituents is 1. The van der Waals surface area contributed by atoms with Crippen molar-refractivity contribution in [2.75, 3.05) is 11.1 Å². The molecule has 0 atom stereocenters. The molecule has 0 aliphatic heterocycles. The van der Waals surface area contributed by atoms with Crippen molar-refractivity contribution >= 4 is 29.0 Å². The van der Waals surface area contributed by atoms with Gasteiger partial charge in [0.2, 0.25) is 5.91 Å². The number of aryl methyl sites for hydroxylation is 2. The Morgan fingerprint density at radius 3 is 2.52 bits per heavy atom. The number of rotatable bonds is 6. The summed E-state index contributed by atoms with van der Waals surface area (Å²) in [5.41, 5.74) is 2.51. The molecule has 2 aromatic heterocycles. The maximum absolute atomic E-state index is 12.1. The number of hydrogen-bond donors (Lipinski definition) is 1. The predicted octanol–water partition coefficient (Wildman–Crippen LogP) is 3.52. The number of thioether (sulfide) groups is 1. The van der Waals surface area contributed by atoms with E-state index in [1.54, 1.807) is 35.1 Å². The summed E-state index contributed by atoms with van der Waals surface area (Å²) in [6.45, 7) is 3.87. The Morgan fingerprint density at radius 2 is 1.96 bits per heavy atom. The molecule has 9 heteroatoms. The first-order valence-electron chi connectivity index (χ1n) is 8.09. The number of non-ortho nitro benzene ring substituents is 1. The quantitative estimate of drug-likeness (QED) is 0.397. The Bertz CT molecular complexity index is 968. The van der Waals surface area contributed by atoms with Crippen LogP contribution in [0.3, 0.4) is 0 Å². The Labute approximate surface area is 159 Å². The van der Waals surface area contributed by atoms with Crippen molar-refractivity contribution in [2.24, 2.45) is 0 Å². The third-order valence-electron chi connectivity index (χ3n) is 3.68. The average Bonchev–Trinajstić information content (AvgIpc) is 2.99. The number of carbonyl (C=O) groups is 1. The number of aromatic nitrogens is 3. The minimum absolute atomic E-state index is 0.0255. The first kappa shape index (κ1) is 18.6. The van der Waals surface area contributed by atoms with E-state index in [0.29, 0.717) is 11.5 Å². The summed E-state index contributed by atoms with van der Waals surface area (Å²) in [7, 11) is 0. The van der Waals surface area contributed by atoms with Gasteiger partial charge >= 0.3 is 0 Å². The third-order valence-corrected chi connectivity index (χ3v) is 4.69. The average molecular weight is 383 g/mol. The van der Waals surface area contributed by atoms with Crippen LogP contribution >= 0.6 is 11.8 Å². The molecule has 0 saturated heterocycles. The smallest absolute Gasteiger partial charge is 0.269 e. The molecule has 0 radical (unpaired) electrons. The molecule has 138 valence electrons. The monoisotopic (exact) mass is 383 g/mol. The number of nitro groups is 1. The Hall–Kier alpha value is -3.20. The SMILES string of the molecule is Cc1cc(C)n(-c2ccc(NC(=O)CSc3ccc([N+](=O)[O-])cc3)cn2)n1. The molecule has 1 N–H and O–H groups in total. The van der Waals surface area contributed by atoms with Gasteiger partial charge in [-0.05, 0) is 44.2 Å². The van der Waals surface area contributed by atoms with E-state index in [2.05, 4.69) is 15.4 Å². The normalized spacial score (nSPS) is 10.6. The maximum Gasteiger partial charge on any atom is 0.269 e. The zero-order chi connectivity index (χ0) is 19.4. The number of nitrogens with one attached hydrogen (secondary N) is 1. The van der Waals surface area contributed by atoms with Crippen LogP contribution in [0.5, 0.6) is 0 Å². The highest BCUT2D eigenvalue weighted by atomic mass is 32.2. The van der Waals surface area contributed by atoms with Gasteiger partial charge in [-0.3, -0.25) is 14.9 Å². The van der Waals surface area contributed by atoms with Crippen molar-refractivity contribution < 1.29 is 9.72 Å². The molecule has 0 fully saturated rings. The summed E-state index contributed by atoms with van der Waals surface area (Å²) in [6.07, 6.45) is 1.58. The fourth-order valence-electron chi connectivity index (χ4n) is 2.46. The predicted molar refractivity (Wildman–Crippen MR) is 103 cm³/mol. The Balaban J connectivity index is 1.56. The summed E-state index contributed by atoms with van der Waals surface area (Å²) in [5.74, 6) is 0.690. The molecule has 1 amide bonds. The van der Waals surface area contributed by atoms with Gasteiger partial charge in [-0.1, -0.05) is 0 Å². The molecular formula is C18H17N5O3S. The first-order chi connectivity index (χ1) is 12.9. The molecule has 0 aliphatic carbocycles. The van der Waals surface area contributed by atoms with Crippen molar-refractivity contribution in [2.45, 2.75) is 18.7 Å². The van der Waals surface area contributed by atoms with Crippen molar-refractivity contribution in [1.29, 1.82) is 0 Å². The summed E-state index contributed by atoms with van der Waals surface area (Å²) < 4.78 is 1.74. The number of nitrogens with zero attached hydrogens (tertiary/aromatic N) is 4. The number of carbonyl (C=O) groups excluding carboxylic acids is 1. The summed E-state index contributed by atoms with van der Waals surface area (Å²) >= 11 is 1.30. The molecule has 1 aromatic carbocycles. The highest BCUT2D eigenvalue weighted by molar-refractivity contribution is 8.00. The zero-order valence-electron chi connectivity index (χ0n) is 14.7. The molecule has 27 heavy (non-hydrogen) atoms. The van der Waals surface area contributed by atoms with Gasteiger partial charge in [0, 0.05) is 22.7 Å². The van der Waals surface area contributed by atoms with Crippen LogP contribution in [-0.4, -0.2) is 31.3 Å². The van der Waals surface area contributed by atoms with E-state index in [1.165, 1.54) is 23.9 Å². The molecule has 3 rings (SSSR count). The largest absolute Gasteiger partial charge is 0.324 e. The number of anilines is 1. The van der Waals surface area contributed by atoms with Gasteiger partial charge < -0.3 is 5.32 Å². The summed E-state index contributed by atoms with van der Waals surface area (Å²) in [4.78, 5) is 27.4. The number of benzene rings is 1. The summed E-state index contributed by atoms with van der Waals surface area (Å²) in [5, 5.41) is 17.8. The van der Waals surface area contributed by atoms with Crippen LogP contribution in [0.15, 0.2) is 53.6 Å². The van der Waals surface area contributed by atoms with Gasteiger partial charge in [0.15, 0.2) is 5.82 Å². The van der Waals surface area contributed by atoms with E-state index in [1.807, 2.05) is 19.9 Å². The molecule has 0 bridgehead atoms. The van der Waals surface area contributed by atoms with Crippen LogP contribution in [0.25, 0.3) is 5.82 Å². The van der Waals surface area contributed by atoms with Crippen LogP contribution in [0.1, 0.15) is 11.4 Å². The second-order valence-corrected chi connectivity index (χ2v) is 6.88. The van der Waals surface area contributed by atoms with Gasteiger partial charge in [0.25, 0.3) is 5.69 Å². The molecule has 0 unspecified atom stereocenters. The third kappa shape index (κ3) is 4.70. The molecule has 0 aliphatic rings. The molecule has 0 saturated carbocycles. The molecule has 8 nitrogen and oxygen atoms in total. The summed E-state index contributed by atoms with van der Waals surface area (Å²) in [6, 6.07) is 11.6. The van der Waals surface area contributed by atoms with Crippen LogP contribution in [0.4, 0.5) is 11.4 Å². The fraction of sp³-hybridized carbons (Fsp3) is 0.167. The highest BCUT2D eigenvalue weighted by Crippen LogP contribution is 2.21. The zero-order valence-corrected chi connectivity index (χ0v) is 15.6. The lowest BCUT2D eigenvalue weighted by Gasteiger charge is -2.07. The van der Waals surface area contributed by atoms with Crippen LogP contribution in [-0.2, 0) is 4.79 Å². The van der Waals surface area contributed by atoms with Gasteiger partial charge in [-0.15, -0.1) is 11.8 Å². The van der Waals surface area contributed by atoms with Crippen LogP contribution in [0, 0.1) is 24.0 Å². The second-order valence-electron chi connectivity index (χ2n) is 5.83. The van der Waals surface area contributed by atoms with E-state index >= 15 is 0 Å². The maximum atomic E-state index is 12.1. The Kier molecular flexibility index (Phi) is 5.51. The van der Waals surface area contributed by atoms with Crippen molar-refractivity contribution in [3.8, 4) is 5.82 Å². The number of pyridine rings is 1. The van der Waals surface area contributed by atoms with E-state index in [0.717, 1.165) is 16.3 Å². The van der Waals surface area contributed by atoms with Gasteiger partial charge in [-0.2, -0.15) is 5.10 Å². The first-order valence-corrected chi connectivity index (χ1v) is 9.08. The van der Waals surface area contributed by atoms with Crippen LogP contribution < -0.4 is 5.32 Å². The fourth-order valence-corrected chi connectivity index (χ4v) is 3.15. The van der Waals surface area contributed by atoms with E-state index in [9.17, 15) is 14.9 Å². The lowest BCUT2D eigenvalue weighted by Crippen LogP contribution is -2.14. The van der Waals surface area contributed by atoms with Crippen molar-refractivity contribution in [3.63, 3.8) is 0 Å². The molecule has 2 heterocycles. The van der Waals surface area contributed by atoms with Crippen molar-refractivity contribution in [3.05, 3.63) is 70.2 Å². The van der Waals surface area contributed by atoms with E-state index in [-0.39, 0.29) is 17.3 Å².